The maximum atomic E-state index is 13.4. The lowest BCUT2D eigenvalue weighted by atomic mass is 10.1. The van der Waals surface area contributed by atoms with Gasteiger partial charge in [-0.05, 0) is 18.6 Å². The van der Waals surface area contributed by atoms with Crippen LogP contribution in [0.15, 0.2) is 23.3 Å². The Morgan fingerprint density at radius 2 is 2.05 bits per heavy atom. The van der Waals surface area contributed by atoms with Crippen molar-refractivity contribution in [2.75, 3.05) is 11.5 Å². The molecule has 0 unspecified atom stereocenters. The Balaban J connectivity index is 2.45. The number of halogens is 1. The highest BCUT2D eigenvalue weighted by atomic mass is 32.2. The van der Waals surface area contributed by atoms with Gasteiger partial charge in [0.15, 0.2) is 9.84 Å². The molecule has 0 spiro atoms. The number of nitrogens with zero attached hydrogens (tertiary/aromatic N) is 2. The molecule has 2 rings (SSSR count). The summed E-state index contributed by atoms with van der Waals surface area (Å²) in [6.07, 6.45) is 1.25. The van der Waals surface area contributed by atoms with Gasteiger partial charge >= 0.3 is 0 Å². The lowest BCUT2D eigenvalue weighted by molar-refractivity contribution is 0.588. The average Bonchev–Trinajstić information content (AvgIpc) is 2.40. The standard InChI is InChI=1S/C13H15FN2O3S/c1-3-20(18,19)5-4-16-8-15-12-7-11(14)9(2)6-10(12)13(16)17/h6-8H,3-5H2,1-2H3. The summed E-state index contributed by atoms with van der Waals surface area (Å²) in [4.78, 5) is 16.2. The number of sulfone groups is 1. The maximum absolute atomic E-state index is 13.4. The van der Waals surface area contributed by atoms with Crippen molar-refractivity contribution < 1.29 is 12.8 Å². The normalized spacial score (nSPS) is 11.9. The first kappa shape index (κ1) is 14.6. The molecule has 1 aromatic carbocycles. The fourth-order valence-corrected chi connectivity index (χ4v) is 2.59. The lowest BCUT2D eigenvalue weighted by Crippen LogP contribution is -2.25. The predicted molar refractivity (Wildman–Crippen MR) is 75.0 cm³/mol. The summed E-state index contributed by atoms with van der Waals surface area (Å²) in [7, 11) is -3.15. The van der Waals surface area contributed by atoms with Gasteiger partial charge < -0.3 is 0 Å². The second kappa shape index (κ2) is 5.32. The fraction of sp³-hybridized carbons (Fsp3) is 0.385. The third-order valence-electron chi connectivity index (χ3n) is 3.19. The van der Waals surface area contributed by atoms with Crippen LogP contribution >= 0.6 is 0 Å². The van der Waals surface area contributed by atoms with Crippen molar-refractivity contribution in [2.45, 2.75) is 20.4 Å². The quantitative estimate of drug-likeness (QED) is 0.852. The van der Waals surface area contributed by atoms with Gasteiger partial charge in [-0.15, -0.1) is 0 Å². The number of hydrogen-bond acceptors (Lipinski definition) is 4. The van der Waals surface area contributed by atoms with Crippen molar-refractivity contribution in [3.8, 4) is 0 Å². The van der Waals surface area contributed by atoms with Crippen molar-refractivity contribution in [1.29, 1.82) is 0 Å². The molecule has 0 fully saturated rings. The van der Waals surface area contributed by atoms with Crippen LogP contribution in [-0.4, -0.2) is 29.5 Å². The molecule has 108 valence electrons. The van der Waals surface area contributed by atoms with E-state index in [-0.39, 0.29) is 29.1 Å². The van der Waals surface area contributed by atoms with Crippen molar-refractivity contribution in [3.63, 3.8) is 0 Å². The molecule has 0 radical (unpaired) electrons. The first-order valence-electron chi connectivity index (χ1n) is 6.20. The Morgan fingerprint density at radius 1 is 1.35 bits per heavy atom. The molecule has 1 heterocycles. The minimum absolute atomic E-state index is 0.0348. The Hall–Kier alpha value is -1.76. The summed E-state index contributed by atoms with van der Waals surface area (Å²) in [6, 6.07) is 2.64. The molecule has 0 N–H and O–H groups in total. The van der Waals surface area contributed by atoms with Gasteiger partial charge in [-0.25, -0.2) is 17.8 Å². The summed E-state index contributed by atoms with van der Waals surface area (Å²) in [5, 5.41) is 0.292. The average molecular weight is 298 g/mol. The third kappa shape index (κ3) is 2.87. The van der Waals surface area contributed by atoms with E-state index < -0.39 is 15.7 Å². The summed E-state index contributed by atoms with van der Waals surface area (Å²) < 4.78 is 37.6. The zero-order valence-electron chi connectivity index (χ0n) is 11.3. The van der Waals surface area contributed by atoms with Crippen LogP contribution in [0.3, 0.4) is 0 Å². The van der Waals surface area contributed by atoms with Crippen LogP contribution in [0.25, 0.3) is 10.9 Å². The Morgan fingerprint density at radius 3 is 2.70 bits per heavy atom. The number of aromatic nitrogens is 2. The van der Waals surface area contributed by atoms with E-state index in [0.717, 1.165) is 0 Å². The Kier molecular flexibility index (Phi) is 3.89. The first-order valence-corrected chi connectivity index (χ1v) is 8.02. The molecule has 0 aliphatic heterocycles. The topological polar surface area (TPSA) is 69.0 Å². The van der Waals surface area contributed by atoms with E-state index >= 15 is 0 Å². The van der Waals surface area contributed by atoms with E-state index in [1.165, 1.54) is 23.0 Å². The van der Waals surface area contributed by atoms with Crippen molar-refractivity contribution >= 4 is 20.7 Å². The van der Waals surface area contributed by atoms with Gasteiger partial charge in [-0.2, -0.15) is 0 Å². The first-order chi connectivity index (χ1) is 9.34. The van der Waals surface area contributed by atoms with Crippen LogP contribution in [0.5, 0.6) is 0 Å². The van der Waals surface area contributed by atoms with Gasteiger partial charge in [-0.3, -0.25) is 9.36 Å². The molecule has 0 saturated heterocycles. The minimum Gasteiger partial charge on any atom is -0.298 e. The zero-order valence-corrected chi connectivity index (χ0v) is 12.1. The smallest absolute Gasteiger partial charge is 0.261 e. The molecule has 5 nitrogen and oxygen atoms in total. The number of fused-ring (bicyclic) bond motifs is 1. The second-order valence-corrected chi connectivity index (χ2v) is 7.07. The van der Waals surface area contributed by atoms with Crippen LogP contribution in [-0.2, 0) is 16.4 Å². The van der Waals surface area contributed by atoms with Crippen LogP contribution in [0.4, 0.5) is 4.39 Å². The van der Waals surface area contributed by atoms with E-state index in [0.29, 0.717) is 10.9 Å². The number of rotatable bonds is 4. The second-order valence-electron chi connectivity index (χ2n) is 4.60. The summed E-state index contributed by atoms with van der Waals surface area (Å²) in [5.41, 5.74) is 0.271. The van der Waals surface area contributed by atoms with Gasteiger partial charge in [0.05, 0.1) is 23.0 Å². The molecular formula is C13H15FN2O3S. The zero-order chi connectivity index (χ0) is 14.9. The van der Waals surface area contributed by atoms with E-state index in [2.05, 4.69) is 4.98 Å². The van der Waals surface area contributed by atoms with Gasteiger partial charge in [-0.1, -0.05) is 6.92 Å². The van der Waals surface area contributed by atoms with Crippen molar-refractivity contribution in [3.05, 3.63) is 40.2 Å². The molecule has 0 atom stereocenters. The van der Waals surface area contributed by atoms with Crippen molar-refractivity contribution in [2.24, 2.45) is 0 Å². The van der Waals surface area contributed by atoms with Gasteiger partial charge in [0.1, 0.15) is 5.82 Å². The molecule has 0 aliphatic carbocycles. The molecule has 0 amide bonds. The summed E-state index contributed by atoms with van der Waals surface area (Å²) in [5.74, 6) is -0.500. The van der Waals surface area contributed by atoms with E-state index in [1.807, 2.05) is 0 Å². The molecule has 0 bridgehead atoms. The molecule has 0 aliphatic rings. The Labute approximate surface area is 116 Å². The predicted octanol–water partition coefficient (Wildman–Crippen LogP) is 1.28. The molecule has 7 heteroatoms. The number of hydrogen-bond donors (Lipinski definition) is 0. The highest BCUT2D eigenvalue weighted by Gasteiger charge is 2.11. The van der Waals surface area contributed by atoms with E-state index in [4.69, 9.17) is 0 Å². The number of benzene rings is 1. The molecule has 2 aromatic rings. The maximum Gasteiger partial charge on any atom is 0.261 e. The summed E-state index contributed by atoms with van der Waals surface area (Å²) in [6.45, 7) is 3.17. The van der Waals surface area contributed by atoms with Crippen LogP contribution in [0, 0.1) is 12.7 Å². The monoisotopic (exact) mass is 298 g/mol. The molecule has 0 saturated carbocycles. The van der Waals surface area contributed by atoms with Crippen LogP contribution in [0.2, 0.25) is 0 Å². The van der Waals surface area contributed by atoms with Gasteiger partial charge in [0, 0.05) is 18.4 Å². The highest BCUT2D eigenvalue weighted by Crippen LogP contribution is 2.13. The SMILES string of the molecule is CCS(=O)(=O)CCn1cnc2cc(F)c(C)cc2c1=O. The molecule has 1 aromatic heterocycles. The fourth-order valence-electron chi connectivity index (χ4n) is 1.83. The van der Waals surface area contributed by atoms with Crippen LogP contribution in [0.1, 0.15) is 12.5 Å². The van der Waals surface area contributed by atoms with E-state index in [1.54, 1.807) is 13.8 Å². The Bertz CT molecular complexity index is 812. The molecular weight excluding hydrogens is 283 g/mol. The lowest BCUT2D eigenvalue weighted by Gasteiger charge is -2.07. The van der Waals surface area contributed by atoms with E-state index in [9.17, 15) is 17.6 Å². The van der Waals surface area contributed by atoms with Gasteiger partial charge in [0.25, 0.3) is 5.56 Å². The minimum atomic E-state index is -3.15. The largest absolute Gasteiger partial charge is 0.298 e. The third-order valence-corrected chi connectivity index (χ3v) is 4.87. The highest BCUT2D eigenvalue weighted by molar-refractivity contribution is 7.91. The van der Waals surface area contributed by atoms with Crippen molar-refractivity contribution in [1.82, 2.24) is 9.55 Å². The summed E-state index contributed by atoms with van der Waals surface area (Å²) >= 11 is 0. The number of aryl methyl sites for hydroxylation is 2. The van der Waals surface area contributed by atoms with Crippen LogP contribution < -0.4 is 5.56 Å². The molecule has 20 heavy (non-hydrogen) atoms. The van der Waals surface area contributed by atoms with Gasteiger partial charge in [0.2, 0.25) is 0 Å².